The first-order valence-corrected chi connectivity index (χ1v) is 7.30. The Morgan fingerprint density at radius 3 is 2.55 bits per heavy atom. The Morgan fingerprint density at radius 1 is 1.35 bits per heavy atom. The minimum absolute atomic E-state index is 0.203. The van der Waals surface area contributed by atoms with Crippen molar-refractivity contribution >= 4 is 0 Å². The minimum atomic E-state index is 0.203. The molecule has 1 aliphatic heterocycles. The summed E-state index contributed by atoms with van der Waals surface area (Å²) in [6, 6.07) is 6.35. The average molecular weight is 278 g/mol. The first kappa shape index (κ1) is 15.1. The smallest absolute Gasteiger partial charge is 0.124 e. The van der Waals surface area contributed by atoms with E-state index in [0.717, 1.165) is 18.7 Å². The molecule has 4 heteroatoms. The number of piperidine rings is 1. The number of likely N-dealkylation sites (tertiary alicyclic amines) is 1. The third-order valence-electron chi connectivity index (χ3n) is 4.56. The van der Waals surface area contributed by atoms with Gasteiger partial charge in [-0.05, 0) is 53.0 Å². The van der Waals surface area contributed by atoms with Gasteiger partial charge < -0.3 is 14.7 Å². The van der Waals surface area contributed by atoms with Crippen LogP contribution in [0.25, 0.3) is 0 Å². The molecular formula is C16H26N2O2. The first-order chi connectivity index (χ1) is 9.52. The number of hydrogen-bond donors (Lipinski definition) is 1. The van der Waals surface area contributed by atoms with Crippen molar-refractivity contribution in [2.24, 2.45) is 0 Å². The van der Waals surface area contributed by atoms with Crippen LogP contribution in [0.3, 0.4) is 0 Å². The second-order valence-corrected chi connectivity index (χ2v) is 5.80. The maximum Gasteiger partial charge on any atom is 0.124 e. The fourth-order valence-corrected chi connectivity index (χ4v) is 2.94. The number of phenols is 1. The first-order valence-electron chi connectivity index (χ1n) is 7.30. The molecule has 0 spiro atoms. The van der Waals surface area contributed by atoms with Crippen LogP contribution in [-0.4, -0.2) is 55.2 Å². The molecule has 1 heterocycles. The van der Waals surface area contributed by atoms with Gasteiger partial charge in [0.05, 0.1) is 7.11 Å². The van der Waals surface area contributed by atoms with E-state index in [1.54, 1.807) is 13.2 Å². The van der Waals surface area contributed by atoms with Gasteiger partial charge in [0.15, 0.2) is 0 Å². The number of methoxy groups -OCH3 is 1. The monoisotopic (exact) mass is 278 g/mol. The summed E-state index contributed by atoms with van der Waals surface area (Å²) in [4.78, 5) is 4.76. The van der Waals surface area contributed by atoms with Crippen LogP contribution in [0.1, 0.15) is 31.4 Å². The molecule has 0 aliphatic carbocycles. The van der Waals surface area contributed by atoms with E-state index in [-0.39, 0.29) is 6.04 Å². The third-order valence-corrected chi connectivity index (χ3v) is 4.56. The maximum atomic E-state index is 10.2. The summed E-state index contributed by atoms with van der Waals surface area (Å²) in [5.41, 5.74) is 0.965. The van der Waals surface area contributed by atoms with Crippen LogP contribution in [0.15, 0.2) is 18.2 Å². The van der Waals surface area contributed by atoms with Crippen molar-refractivity contribution in [2.45, 2.75) is 31.8 Å². The van der Waals surface area contributed by atoms with Gasteiger partial charge >= 0.3 is 0 Å². The van der Waals surface area contributed by atoms with Crippen molar-refractivity contribution in [2.75, 3.05) is 34.3 Å². The van der Waals surface area contributed by atoms with Crippen molar-refractivity contribution < 1.29 is 9.84 Å². The van der Waals surface area contributed by atoms with E-state index in [2.05, 4.69) is 30.8 Å². The molecule has 0 radical (unpaired) electrons. The molecule has 1 aliphatic rings. The van der Waals surface area contributed by atoms with E-state index in [1.165, 1.54) is 12.8 Å². The molecule has 1 atom stereocenters. The summed E-state index contributed by atoms with van der Waals surface area (Å²) >= 11 is 0. The number of rotatable bonds is 4. The van der Waals surface area contributed by atoms with Gasteiger partial charge in [0.2, 0.25) is 0 Å². The molecule has 1 saturated heterocycles. The molecule has 4 nitrogen and oxygen atoms in total. The quantitative estimate of drug-likeness (QED) is 0.918. The van der Waals surface area contributed by atoms with Gasteiger partial charge in [-0.3, -0.25) is 4.90 Å². The highest BCUT2D eigenvalue weighted by Crippen LogP contribution is 2.33. The number of nitrogens with zero attached hydrogens (tertiary/aromatic N) is 2. The number of ether oxygens (including phenoxy) is 1. The van der Waals surface area contributed by atoms with Gasteiger partial charge in [-0.1, -0.05) is 6.07 Å². The van der Waals surface area contributed by atoms with Crippen molar-refractivity contribution in [3.8, 4) is 11.5 Å². The second-order valence-electron chi connectivity index (χ2n) is 5.80. The molecular weight excluding hydrogens is 252 g/mol. The zero-order valence-electron chi connectivity index (χ0n) is 13.0. The van der Waals surface area contributed by atoms with E-state index in [1.807, 2.05) is 12.1 Å². The second kappa shape index (κ2) is 6.46. The molecule has 1 N–H and O–H groups in total. The van der Waals surface area contributed by atoms with Gasteiger partial charge in [0.25, 0.3) is 0 Å². The van der Waals surface area contributed by atoms with Crippen LogP contribution in [0.4, 0.5) is 0 Å². The summed E-state index contributed by atoms with van der Waals surface area (Å²) in [6.07, 6.45) is 2.38. The van der Waals surface area contributed by atoms with Gasteiger partial charge in [0.1, 0.15) is 11.5 Å². The van der Waals surface area contributed by atoms with E-state index >= 15 is 0 Å². The summed E-state index contributed by atoms with van der Waals surface area (Å²) in [7, 11) is 5.95. The van der Waals surface area contributed by atoms with E-state index in [4.69, 9.17) is 4.74 Å². The molecule has 20 heavy (non-hydrogen) atoms. The number of aromatic hydroxyl groups is 1. The normalized spacial score (nSPS) is 19.2. The lowest BCUT2D eigenvalue weighted by atomic mass is 9.99. The Kier molecular flexibility index (Phi) is 4.89. The molecule has 1 aromatic rings. The lowest BCUT2D eigenvalue weighted by Gasteiger charge is -2.38. The molecule has 0 saturated carbocycles. The SMILES string of the molecule is COc1ccc(C(C)N(C)C2CCN(C)CC2)c(O)c1. The predicted molar refractivity (Wildman–Crippen MR) is 81.4 cm³/mol. The maximum absolute atomic E-state index is 10.2. The van der Waals surface area contributed by atoms with Crippen LogP contribution in [0.2, 0.25) is 0 Å². The number of benzene rings is 1. The zero-order valence-corrected chi connectivity index (χ0v) is 13.0. The largest absolute Gasteiger partial charge is 0.507 e. The molecule has 112 valence electrons. The van der Waals surface area contributed by atoms with Gasteiger partial charge in [-0.15, -0.1) is 0 Å². The third kappa shape index (κ3) is 3.25. The molecule has 0 aromatic heterocycles. The van der Waals surface area contributed by atoms with E-state index < -0.39 is 0 Å². The molecule has 2 rings (SSSR count). The van der Waals surface area contributed by atoms with Crippen LogP contribution >= 0.6 is 0 Å². The highest BCUT2D eigenvalue weighted by molar-refractivity contribution is 5.41. The van der Waals surface area contributed by atoms with Crippen molar-refractivity contribution in [1.29, 1.82) is 0 Å². The van der Waals surface area contributed by atoms with Crippen LogP contribution in [-0.2, 0) is 0 Å². The Morgan fingerprint density at radius 2 is 2.00 bits per heavy atom. The predicted octanol–water partition coefficient (Wildman–Crippen LogP) is 2.49. The minimum Gasteiger partial charge on any atom is -0.507 e. The molecule has 0 amide bonds. The summed E-state index contributed by atoms with van der Waals surface area (Å²) < 4.78 is 5.14. The highest BCUT2D eigenvalue weighted by Gasteiger charge is 2.25. The zero-order chi connectivity index (χ0) is 14.7. The summed E-state index contributed by atoms with van der Waals surface area (Å²) in [5.74, 6) is 1.01. The number of hydrogen-bond acceptors (Lipinski definition) is 4. The molecule has 0 bridgehead atoms. The molecule has 1 aromatic carbocycles. The van der Waals surface area contributed by atoms with Crippen molar-refractivity contribution in [1.82, 2.24) is 9.80 Å². The fraction of sp³-hybridized carbons (Fsp3) is 0.625. The topological polar surface area (TPSA) is 35.9 Å². The lowest BCUT2D eigenvalue weighted by Crippen LogP contribution is -2.42. The summed E-state index contributed by atoms with van der Waals surface area (Å²) in [5, 5.41) is 10.2. The Balaban J connectivity index is 2.08. The van der Waals surface area contributed by atoms with E-state index in [0.29, 0.717) is 17.5 Å². The Hall–Kier alpha value is -1.26. The Labute approximate surface area is 122 Å². The standard InChI is InChI=1S/C16H26N2O2/c1-12(15-6-5-14(20-4)11-16(15)19)18(3)13-7-9-17(2)10-8-13/h5-6,11-13,19H,7-10H2,1-4H3. The van der Waals surface area contributed by atoms with Crippen LogP contribution in [0, 0.1) is 0 Å². The van der Waals surface area contributed by atoms with Gasteiger partial charge in [-0.25, -0.2) is 0 Å². The summed E-state index contributed by atoms with van der Waals surface area (Å²) in [6.45, 7) is 4.45. The van der Waals surface area contributed by atoms with Gasteiger partial charge in [0, 0.05) is 23.7 Å². The Bertz CT molecular complexity index is 442. The van der Waals surface area contributed by atoms with Crippen LogP contribution < -0.4 is 4.74 Å². The van der Waals surface area contributed by atoms with Crippen LogP contribution in [0.5, 0.6) is 11.5 Å². The number of phenolic OH excluding ortho intramolecular Hbond substituents is 1. The van der Waals surface area contributed by atoms with Crippen molar-refractivity contribution in [3.63, 3.8) is 0 Å². The lowest BCUT2D eigenvalue weighted by molar-refractivity contribution is 0.112. The van der Waals surface area contributed by atoms with Gasteiger partial charge in [-0.2, -0.15) is 0 Å². The molecule has 1 unspecified atom stereocenters. The highest BCUT2D eigenvalue weighted by atomic mass is 16.5. The van der Waals surface area contributed by atoms with Crippen molar-refractivity contribution in [3.05, 3.63) is 23.8 Å². The molecule has 1 fully saturated rings. The van der Waals surface area contributed by atoms with E-state index in [9.17, 15) is 5.11 Å². The average Bonchev–Trinajstić information content (AvgIpc) is 2.46. The fourth-order valence-electron chi connectivity index (χ4n) is 2.94.